The Bertz CT molecular complexity index is 358. The molecule has 1 aromatic rings. The number of hydrogen-bond acceptors (Lipinski definition) is 2. The van der Waals surface area contributed by atoms with E-state index in [0.29, 0.717) is 22.7 Å². The molecule has 0 aromatic heterocycles. The average molecular weight is 288 g/mol. The van der Waals surface area contributed by atoms with Crippen LogP contribution in [0.2, 0.25) is 10.0 Å². The zero-order chi connectivity index (χ0) is 12.8. The summed E-state index contributed by atoms with van der Waals surface area (Å²) in [6.07, 6.45) is 5.54. The fourth-order valence-corrected chi connectivity index (χ4v) is 2.80. The van der Waals surface area contributed by atoms with Crippen molar-refractivity contribution < 1.29 is 4.74 Å². The van der Waals surface area contributed by atoms with E-state index in [4.69, 9.17) is 27.9 Å². The molecule has 1 aliphatic carbocycles. The van der Waals surface area contributed by atoms with Crippen molar-refractivity contribution in [3.63, 3.8) is 0 Å². The summed E-state index contributed by atoms with van der Waals surface area (Å²) in [7, 11) is 0. The van der Waals surface area contributed by atoms with Crippen LogP contribution in [0.1, 0.15) is 31.2 Å². The second-order valence-corrected chi connectivity index (χ2v) is 5.47. The lowest BCUT2D eigenvalue weighted by molar-refractivity contribution is 0.0603. The van der Waals surface area contributed by atoms with E-state index >= 15 is 0 Å². The van der Waals surface area contributed by atoms with Crippen LogP contribution in [0.15, 0.2) is 18.2 Å². The molecule has 0 aliphatic heterocycles. The summed E-state index contributed by atoms with van der Waals surface area (Å²) >= 11 is 12.2. The monoisotopic (exact) mass is 287 g/mol. The molecule has 0 spiro atoms. The number of benzene rings is 1. The molecular formula is C14H19Cl2NO. The fourth-order valence-electron chi connectivity index (χ4n) is 2.27. The van der Waals surface area contributed by atoms with E-state index in [9.17, 15) is 0 Å². The van der Waals surface area contributed by atoms with Crippen molar-refractivity contribution in [2.24, 2.45) is 0 Å². The van der Waals surface area contributed by atoms with Gasteiger partial charge in [0.1, 0.15) is 0 Å². The largest absolute Gasteiger partial charge is 0.377 e. The summed E-state index contributed by atoms with van der Waals surface area (Å²) in [6, 6.07) is 5.58. The van der Waals surface area contributed by atoms with E-state index in [2.05, 4.69) is 5.32 Å². The Balaban J connectivity index is 1.65. The van der Waals surface area contributed by atoms with Crippen LogP contribution in [0.3, 0.4) is 0 Å². The van der Waals surface area contributed by atoms with Crippen molar-refractivity contribution in [2.45, 2.75) is 38.3 Å². The lowest BCUT2D eigenvalue weighted by Crippen LogP contribution is -2.22. The fraction of sp³-hybridized carbons (Fsp3) is 0.571. The number of nitrogens with one attached hydrogen (secondary N) is 1. The molecule has 1 saturated carbocycles. The van der Waals surface area contributed by atoms with Gasteiger partial charge in [-0.25, -0.2) is 0 Å². The quantitative estimate of drug-likeness (QED) is 0.798. The normalized spacial score (nSPS) is 16.3. The van der Waals surface area contributed by atoms with E-state index in [0.717, 1.165) is 18.7 Å². The van der Waals surface area contributed by atoms with Crippen molar-refractivity contribution in [3.05, 3.63) is 33.8 Å². The van der Waals surface area contributed by atoms with E-state index in [-0.39, 0.29) is 0 Å². The topological polar surface area (TPSA) is 21.3 Å². The first kappa shape index (κ1) is 14.1. The van der Waals surface area contributed by atoms with Gasteiger partial charge in [-0.05, 0) is 25.0 Å². The zero-order valence-electron chi connectivity index (χ0n) is 10.4. The molecular weight excluding hydrogens is 269 g/mol. The minimum absolute atomic E-state index is 0.482. The molecule has 0 amide bonds. The van der Waals surface area contributed by atoms with Crippen LogP contribution in [0.4, 0.5) is 0 Å². The Morgan fingerprint density at radius 2 is 1.83 bits per heavy atom. The second kappa shape index (κ2) is 7.34. The number of rotatable bonds is 6. The molecule has 18 heavy (non-hydrogen) atoms. The zero-order valence-corrected chi connectivity index (χ0v) is 11.9. The third-order valence-electron chi connectivity index (χ3n) is 3.30. The van der Waals surface area contributed by atoms with Crippen molar-refractivity contribution in [2.75, 3.05) is 13.2 Å². The number of hydrogen-bond donors (Lipinski definition) is 1. The highest BCUT2D eigenvalue weighted by Gasteiger charge is 2.14. The number of ether oxygens (including phenoxy) is 1. The molecule has 2 nitrogen and oxygen atoms in total. The Labute approximate surface area is 119 Å². The van der Waals surface area contributed by atoms with Gasteiger partial charge in [0.15, 0.2) is 0 Å². The van der Waals surface area contributed by atoms with Crippen molar-refractivity contribution in [1.29, 1.82) is 0 Å². The molecule has 1 fully saturated rings. The standard InChI is InChI=1S/C14H19Cl2NO/c15-13-6-3-7-14(16)12(13)10-17-8-9-18-11-4-1-2-5-11/h3,6-7,11,17H,1-2,4-5,8-10H2. The van der Waals surface area contributed by atoms with E-state index < -0.39 is 0 Å². The lowest BCUT2D eigenvalue weighted by atomic mass is 10.2. The molecule has 4 heteroatoms. The van der Waals surface area contributed by atoms with Crippen LogP contribution >= 0.6 is 23.2 Å². The molecule has 0 unspecified atom stereocenters. The van der Waals surface area contributed by atoms with Crippen LogP contribution in [-0.2, 0) is 11.3 Å². The molecule has 0 atom stereocenters. The Morgan fingerprint density at radius 1 is 1.17 bits per heavy atom. The van der Waals surface area contributed by atoms with Gasteiger partial charge in [-0.3, -0.25) is 0 Å². The SMILES string of the molecule is Clc1cccc(Cl)c1CNCCOC1CCCC1. The van der Waals surface area contributed by atoms with Gasteiger partial charge in [-0.15, -0.1) is 0 Å². The summed E-state index contributed by atoms with van der Waals surface area (Å²) in [4.78, 5) is 0. The summed E-state index contributed by atoms with van der Waals surface area (Å²) in [5.41, 5.74) is 0.960. The lowest BCUT2D eigenvalue weighted by Gasteiger charge is -2.12. The predicted octanol–water partition coefficient (Wildman–Crippen LogP) is 4.04. The molecule has 0 saturated heterocycles. The summed E-state index contributed by atoms with van der Waals surface area (Å²) in [6.45, 7) is 2.28. The maximum absolute atomic E-state index is 6.09. The Hall–Kier alpha value is -0.280. The first-order valence-electron chi connectivity index (χ1n) is 6.52. The second-order valence-electron chi connectivity index (χ2n) is 4.65. The van der Waals surface area contributed by atoms with Gasteiger partial charge in [0.05, 0.1) is 12.7 Å². The molecule has 100 valence electrons. The summed E-state index contributed by atoms with van der Waals surface area (Å²) in [5, 5.41) is 4.74. The smallest absolute Gasteiger partial charge is 0.0594 e. The van der Waals surface area contributed by atoms with Crippen molar-refractivity contribution in [1.82, 2.24) is 5.32 Å². The van der Waals surface area contributed by atoms with Crippen molar-refractivity contribution in [3.8, 4) is 0 Å². The molecule has 0 heterocycles. The van der Waals surface area contributed by atoms with E-state index in [1.54, 1.807) is 0 Å². The van der Waals surface area contributed by atoms with Gasteiger partial charge >= 0.3 is 0 Å². The minimum Gasteiger partial charge on any atom is -0.377 e. The first-order valence-corrected chi connectivity index (χ1v) is 7.28. The van der Waals surface area contributed by atoms with E-state index in [1.807, 2.05) is 18.2 Å². The molecule has 1 aromatic carbocycles. The first-order chi connectivity index (χ1) is 8.77. The highest BCUT2D eigenvalue weighted by atomic mass is 35.5. The maximum atomic E-state index is 6.09. The van der Waals surface area contributed by atoms with Crippen LogP contribution in [0.25, 0.3) is 0 Å². The Kier molecular flexibility index (Phi) is 5.77. The van der Waals surface area contributed by atoms with Gasteiger partial charge in [-0.1, -0.05) is 42.1 Å². The molecule has 0 radical (unpaired) electrons. The summed E-state index contributed by atoms with van der Waals surface area (Å²) in [5.74, 6) is 0. The summed E-state index contributed by atoms with van der Waals surface area (Å²) < 4.78 is 5.77. The van der Waals surface area contributed by atoms with Gasteiger partial charge < -0.3 is 10.1 Å². The highest BCUT2D eigenvalue weighted by Crippen LogP contribution is 2.24. The van der Waals surface area contributed by atoms with Gasteiger partial charge in [0, 0.05) is 28.7 Å². The van der Waals surface area contributed by atoms with E-state index in [1.165, 1.54) is 25.7 Å². The Morgan fingerprint density at radius 3 is 2.50 bits per heavy atom. The maximum Gasteiger partial charge on any atom is 0.0594 e. The van der Waals surface area contributed by atoms with Crippen LogP contribution in [0, 0.1) is 0 Å². The minimum atomic E-state index is 0.482. The molecule has 2 rings (SSSR count). The van der Waals surface area contributed by atoms with Gasteiger partial charge in [0.25, 0.3) is 0 Å². The third-order valence-corrected chi connectivity index (χ3v) is 4.01. The van der Waals surface area contributed by atoms with Gasteiger partial charge in [-0.2, -0.15) is 0 Å². The number of halogens is 2. The molecule has 1 N–H and O–H groups in total. The van der Waals surface area contributed by atoms with Crippen LogP contribution in [0.5, 0.6) is 0 Å². The third kappa shape index (κ3) is 4.13. The predicted molar refractivity (Wildman–Crippen MR) is 76.4 cm³/mol. The van der Waals surface area contributed by atoms with Gasteiger partial charge in [0.2, 0.25) is 0 Å². The van der Waals surface area contributed by atoms with Crippen LogP contribution in [-0.4, -0.2) is 19.3 Å². The van der Waals surface area contributed by atoms with Crippen molar-refractivity contribution >= 4 is 23.2 Å². The highest BCUT2D eigenvalue weighted by molar-refractivity contribution is 6.35. The van der Waals surface area contributed by atoms with Crippen LogP contribution < -0.4 is 5.32 Å². The average Bonchev–Trinajstić information content (AvgIpc) is 2.85. The molecule has 0 bridgehead atoms. The molecule has 1 aliphatic rings.